The Hall–Kier alpha value is -1.17. The molecule has 3 N–H and O–H groups in total. The van der Waals surface area contributed by atoms with Crippen LogP contribution in [0.1, 0.15) is 36.3 Å². The highest BCUT2D eigenvalue weighted by Crippen LogP contribution is 2.23. The largest absolute Gasteiger partial charge is 0.335 e. The van der Waals surface area contributed by atoms with E-state index in [9.17, 15) is 0 Å². The SMILES string of the molecule is CCCn1ccnc1CC(NN)c1ccc(C)c(Br)c1. The Bertz CT molecular complexity index is 565. The summed E-state index contributed by atoms with van der Waals surface area (Å²) >= 11 is 3.57. The van der Waals surface area contributed by atoms with Gasteiger partial charge >= 0.3 is 0 Å². The van der Waals surface area contributed by atoms with Gasteiger partial charge in [-0.25, -0.2) is 4.98 Å². The topological polar surface area (TPSA) is 55.9 Å². The molecule has 0 bridgehead atoms. The van der Waals surface area contributed by atoms with Crippen molar-refractivity contribution in [2.45, 2.75) is 39.3 Å². The van der Waals surface area contributed by atoms with Crippen LogP contribution in [0.5, 0.6) is 0 Å². The predicted molar refractivity (Wildman–Crippen MR) is 85.2 cm³/mol. The highest BCUT2D eigenvalue weighted by atomic mass is 79.9. The molecule has 1 aromatic heterocycles. The zero-order valence-electron chi connectivity index (χ0n) is 11.9. The average molecular weight is 337 g/mol. The Morgan fingerprint density at radius 2 is 2.25 bits per heavy atom. The van der Waals surface area contributed by atoms with Crippen molar-refractivity contribution in [2.75, 3.05) is 0 Å². The standard InChI is InChI=1S/C15H21BrN4/c1-3-7-20-8-6-18-15(20)10-14(19-17)12-5-4-11(2)13(16)9-12/h4-6,8-9,14,19H,3,7,10,17H2,1-2H3. The summed E-state index contributed by atoms with van der Waals surface area (Å²) in [5, 5.41) is 0. The number of halogens is 1. The van der Waals surface area contributed by atoms with Gasteiger partial charge in [0.15, 0.2) is 0 Å². The van der Waals surface area contributed by atoms with E-state index >= 15 is 0 Å². The Morgan fingerprint density at radius 1 is 1.45 bits per heavy atom. The van der Waals surface area contributed by atoms with Crippen molar-refractivity contribution in [3.8, 4) is 0 Å². The van der Waals surface area contributed by atoms with Gasteiger partial charge in [0.05, 0.1) is 6.04 Å². The van der Waals surface area contributed by atoms with Crippen molar-refractivity contribution in [1.82, 2.24) is 15.0 Å². The van der Waals surface area contributed by atoms with Crippen molar-refractivity contribution in [2.24, 2.45) is 5.84 Å². The maximum atomic E-state index is 5.73. The molecule has 1 unspecified atom stereocenters. The summed E-state index contributed by atoms with van der Waals surface area (Å²) in [7, 11) is 0. The molecule has 0 saturated carbocycles. The fraction of sp³-hybridized carbons (Fsp3) is 0.400. The van der Waals surface area contributed by atoms with Crippen LogP contribution in [0, 0.1) is 6.92 Å². The number of aryl methyl sites for hydroxylation is 2. The molecular formula is C15H21BrN4. The molecule has 20 heavy (non-hydrogen) atoms. The summed E-state index contributed by atoms with van der Waals surface area (Å²) in [6.45, 7) is 5.23. The molecule has 0 amide bonds. The third-order valence-corrected chi connectivity index (χ3v) is 4.31. The summed E-state index contributed by atoms with van der Waals surface area (Å²) in [5.41, 5.74) is 5.28. The molecule has 0 radical (unpaired) electrons. The summed E-state index contributed by atoms with van der Waals surface area (Å²) < 4.78 is 3.29. The molecule has 108 valence electrons. The van der Waals surface area contributed by atoms with Crippen molar-refractivity contribution in [3.05, 3.63) is 52.0 Å². The number of nitrogens with one attached hydrogen (secondary N) is 1. The number of aromatic nitrogens is 2. The molecule has 0 aliphatic carbocycles. The Kier molecular flexibility index (Phi) is 5.34. The van der Waals surface area contributed by atoms with Crippen molar-refractivity contribution < 1.29 is 0 Å². The van der Waals surface area contributed by atoms with E-state index in [-0.39, 0.29) is 6.04 Å². The molecular weight excluding hydrogens is 316 g/mol. The van der Waals surface area contributed by atoms with Gasteiger partial charge < -0.3 is 4.57 Å². The van der Waals surface area contributed by atoms with E-state index in [2.05, 4.69) is 63.0 Å². The van der Waals surface area contributed by atoms with Crippen molar-refractivity contribution >= 4 is 15.9 Å². The number of nitrogens with two attached hydrogens (primary N) is 1. The minimum atomic E-state index is 0.0601. The van der Waals surface area contributed by atoms with Crippen LogP contribution in [-0.4, -0.2) is 9.55 Å². The number of rotatable bonds is 6. The molecule has 0 aliphatic heterocycles. The van der Waals surface area contributed by atoms with E-state index in [1.54, 1.807) is 0 Å². The van der Waals surface area contributed by atoms with Crippen LogP contribution in [0.2, 0.25) is 0 Å². The van der Waals surface area contributed by atoms with Crippen molar-refractivity contribution in [1.29, 1.82) is 0 Å². The normalized spacial score (nSPS) is 12.6. The second kappa shape index (κ2) is 7.02. The van der Waals surface area contributed by atoms with Gasteiger partial charge in [0.2, 0.25) is 0 Å². The molecule has 0 fully saturated rings. The van der Waals surface area contributed by atoms with E-state index in [0.717, 1.165) is 35.2 Å². The quantitative estimate of drug-likeness (QED) is 0.629. The fourth-order valence-electron chi connectivity index (χ4n) is 2.26. The van der Waals surface area contributed by atoms with Gasteiger partial charge in [0, 0.05) is 29.8 Å². The Balaban J connectivity index is 2.19. The molecule has 1 heterocycles. The van der Waals surface area contributed by atoms with Gasteiger partial charge in [0.25, 0.3) is 0 Å². The number of nitrogens with zero attached hydrogens (tertiary/aromatic N) is 2. The van der Waals surface area contributed by atoms with E-state index in [1.807, 2.05) is 12.4 Å². The molecule has 5 heteroatoms. The van der Waals surface area contributed by atoms with E-state index in [0.29, 0.717) is 0 Å². The number of benzene rings is 1. The first-order chi connectivity index (χ1) is 9.65. The lowest BCUT2D eigenvalue weighted by Gasteiger charge is -2.17. The fourth-order valence-corrected chi connectivity index (χ4v) is 2.65. The minimum absolute atomic E-state index is 0.0601. The summed E-state index contributed by atoms with van der Waals surface area (Å²) in [6, 6.07) is 6.39. The lowest BCUT2D eigenvalue weighted by Crippen LogP contribution is -2.30. The first-order valence-electron chi connectivity index (χ1n) is 6.88. The highest BCUT2D eigenvalue weighted by Gasteiger charge is 2.14. The lowest BCUT2D eigenvalue weighted by molar-refractivity contribution is 0.517. The minimum Gasteiger partial charge on any atom is -0.335 e. The molecule has 0 aliphatic rings. The zero-order chi connectivity index (χ0) is 14.5. The van der Waals surface area contributed by atoms with Crippen LogP contribution < -0.4 is 11.3 Å². The summed E-state index contributed by atoms with van der Waals surface area (Å²) in [6.07, 6.45) is 5.75. The van der Waals surface area contributed by atoms with Gasteiger partial charge in [-0.15, -0.1) is 0 Å². The second-order valence-electron chi connectivity index (χ2n) is 4.97. The van der Waals surface area contributed by atoms with Crippen LogP contribution in [0.4, 0.5) is 0 Å². The monoisotopic (exact) mass is 336 g/mol. The van der Waals surface area contributed by atoms with Crippen molar-refractivity contribution in [3.63, 3.8) is 0 Å². The highest BCUT2D eigenvalue weighted by molar-refractivity contribution is 9.10. The second-order valence-corrected chi connectivity index (χ2v) is 5.82. The maximum absolute atomic E-state index is 5.73. The number of imidazole rings is 1. The number of hydrazine groups is 1. The van der Waals surface area contributed by atoms with Crippen LogP contribution in [0.3, 0.4) is 0 Å². The molecule has 1 aromatic carbocycles. The summed E-state index contributed by atoms with van der Waals surface area (Å²) in [4.78, 5) is 4.44. The smallest absolute Gasteiger partial charge is 0.110 e. The number of hydrogen-bond donors (Lipinski definition) is 2. The van der Waals surface area contributed by atoms with Crippen LogP contribution in [-0.2, 0) is 13.0 Å². The predicted octanol–water partition coefficient (Wildman–Crippen LogP) is 3.11. The van der Waals surface area contributed by atoms with Gasteiger partial charge in [-0.1, -0.05) is 35.0 Å². The molecule has 4 nitrogen and oxygen atoms in total. The van der Waals surface area contributed by atoms with Crippen LogP contribution in [0.15, 0.2) is 35.1 Å². The Labute approximate surface area is 128 Å². The van der Waals surface area contributed by atoms with E-state index in [4.69, 9.17) is 5.84 Å². The van der Waals surface area contributed by atoms with Gasteiger partial charge in [-0.3, -0.25) is 11.3 Å². The summed E-state index contributed by atoms with van der Waals surface area (Å²) in [5.74, 6) is 6.79. The molecule has 2 rings (SSSR count). The zero-order valence-corrected chi connectivity index (χ0v) is 13.5. The molecule has 2 aromatic rings. The Morgan fingerprint density at radius 3 is 2.90 bits per heavy atom. The molecule has 0 saturated heterocycles. The number of hydrogen-bond acceptors (Lipinski definition) is 3. The van der Waals surface area contributed by atoms with Gasteiger partial charge in [0.1, 0.15) is 5.82 Å². The third-order valence-electron chi connectivity index (χ3n) is 3.45. The first-order valence-corrected chi connectivity index (χ1v) is 7.67. The maximum Gasteiger partial charge on any atom is 0.110 e. The van der Waals surface area contributed by atoms with E-state index < -0.39 is 0 Å². The van der Waals surface area contributed by atoms with Crippen LogP contribution in [0.25, 0.3) is 0 Å². The molecule has 1 atom stereocenters. The van der Waals surface area contributed by atoms with Crippen LogP contribution >= 0.6 is 15.9 Å². The van der Waals surface area contributed by atoms with E-state index in [1.165, 1.54) is 5.56 Å². The average Bonchev–Trinajstić information content (AvgIpc) is 2.87. The van der Waals surface area contributed by atoms with Gasteiger partial charge in [-0.05, 0) is 30.5 Å². The third kappa shape index (κ3) is 3.48. The van der Waals surface area contributed by atoms with Gasteiger partial charge in [-0.2, -0.15) is 0 Å². The first kappa shape index (κ1) is 15.2. The molecule has 0 spiro atoms. The lowest BCUT2D eigenvalue weighted by atomic mass is 10.0.